The van der Waals surface area contributed by atoms with Gasteiger partial charge in [0.05, 0.1) is 7.05 Å². The van der Waals surface area contributed by atoms with Gasteiger partial charge in [-0.3, -0.25) is 9.59 Å². The maximum absolute atomic E-state index is 13.7. The van der Waals surface area contributed by atoms with E-state index in [1.807, 2.05) is 7.05 Å². The first-order chi connectivity index (χ1) is 11.4. The monoisotopic (exact) mass is 329 g/mol. The third-order valence-corrected chi connectivity index (χ3v) is 4.12. The molecule has 24 heavy (non-hydrogen) atoms. The molecule has 0 aliphatic rings. The quantitative estimate of drug-likeness (QED) is 0.797. The molecule has 2 rings (SSSR count). The number of anilines is 1. The molecule has 4 nitrogen and oxygen atoms in total. The number of Topliss-reactive ketones (excluding diaryl/α,β-unsaturated/α-hetero) is 1. The standard InChI is InChI=1S/C19H21FN2O2/c1-13(22(3)12-16-6-4-5-7-18(16)20)19(24)21-17-10-8-15(9-11-17)14(2)23/h4-11,13H,12H2,1-3H3,(H,21,24)/p+1/t13-/m0/s1. The number of nitrogens with one attached hydrogen (secondary N) is 2. The molecular weight excluding hydrogens is 307 g/mol. The zero-order valence-corrected chi connectivity index (χ0v) is 14.1. The molecule has 1 unspecified atom stereocenters. The van der Waals surface area contributed by atoms with Crippen LogP contribution in [0.25, 0.3) is 0 Å². The molecule has 0 fully saturated rings. The van der Waals surface area contributed by atoms with E-state index in [-0.39, 0.29) is 23.5 Å². The van der Waals surface area contributed by atoms with Crippen LogP contribution in [0.1, 0.15) is 29.8 Å². The summed E-state index contributed by atoms with van der Waals surface area (Å²) in [6, 6.07) is 13.0. The van der Waals surface area contributed by atoms with Gasteiger partial charge in [0.1, 0.15) is 12.4 Å². The van der Waals surface area contributed by atoms with Crippen LogP contribution < -0.4 is 10.2 Å². The Balaban J connectivity index is 1.98. The summed E-state index contributed by atoms with van der Waals surface area (Å²) in [6.07, 6.45) is 0. The fourth-order valence-electron chi connectivity index (χ4n) is 2.36. The lowest BCUT2D eigenvalue weighted by Crippen LogP contribution is -3.12. The average molecular weight is 329 g/mol. The molecule has 126 valence electrons. The number of halogens is 1. The van der Waals surface area contributed by atoms with E-state index in [9.17, 15) is 14.0 Å². The van der Waals surface area contributed by atoms with E-state index in [0.29, 0.717) is 23.4 Å². The molecule has 2 aromatic carbocycles. The second kappa shape index (κ2) is 7.84. The number of benzene rings is 2. The van der Waals surface area contributed by atoms with Crippen LogP contribution >= 0.6 is 0 Å². The number of likely N-dealkylation sites (N-methyl/N-ethyl adjacent to an activating group) is 1. The Labute approximate surface area is 141 Å². The zero-order valence-electron chi connectivity index (χ0n) is 14.1. The van der Waals surface area contributed by atoms with Gasteiger partial charge in [-0.25, -0.2) is 4.39 Å². The molecule has 0 heterocycles. The highest BCUT2D eigenvalue weighted by Gasteiger charge is 2.22. The van der Waals surface area contributed by atoms with Gasteiger partial charge in [0.15, 0.2) is 11.8 Å². The molecule has 0 aromatic heterocycles. The summed E-state index contributed by atoms with van der Waals surface area (Å²) in [5, 5.41) is 2.82. The number of quaternary nitrogens is 1. The highest BCUT2D eigenvalue weighted by Crippen LogP contribution is 2.10. The second-order valence-electron chi connectivity index (χ2n) is 5.96. The molecule has 0 radical (unpaired) electrons. The number of hydrogen-bond donors (Lipinski definition) is 2. The van der Waals surface area contributed by atoms with Gasteiger partial charge in [0, 0.05) is 16.8 Å². The fourth-order valence-corrected chi connectivity index (χ4v) is 2.36. The SMILES string of the molecule is CC(=O)c1ccc(NC(=O)[C@H](C)[NH+](C)Cc2ccccc2F)cc1. The van der Waals surface area contributed by atoms with E-state index in [2.05, 4.69) is 5.32 Å². The third-order valence-electron chi connectivity index (χ3n) is 4.12. The van der Waals surface area contributed by atoms with Gasteiger partial charge in [-0.15, -0.1) is 0 Å². The first kappa shape index (κ1) is 17.8. The molecule has 2 N–H and O–H groups in total. The van der Waals surface area contributed by atoms with Crippen molar-refractivity contribution in [2.75, 3.05) is 12.4 Å². The molecular formula is C19H22FN2O2+. The zero-order chi connectivity index (χ0) is 17.7. The van der Waals surface area contributed by atoms with E-state index >= 15 is 0 Å². The molecule has 0 aliphatic carbocycles. The topological polar surface area (TPSA) is 50.6 Å². The number of carbonyl (C=O) groups is 2. The van der Waals surface area contributed by atoms with Crippen molar-refractivity contribution in [3.63, 3.8) is 0 Å². The maximum Gasteiger partial charge on any atom is 0.282 e. The summed E-state index contributed by atoms with van der Waals surface area (Å²) in [6.45, 7) is 3.72. The van der Waals surface area contributed by atoms with Crippen LogP contribution in [0.5, 0.6) is 0 Å². The van der Waals surface area contributed by atoms with E-state index in [1.54, 1.807) is 49.4 Å². The molecule has 2 atom stereocenters. The number of ketones is 1. The van der Waals surface area contributed by atoms with Crippen molar-refractivity contribution in [3.05, 3.63) is 65.5 Å². The summed E-state index contributed by atoms with van der Waals surface area (Å²) >= 11 is 0. The van der Waals surface area contributed by atoms with Crippen LogP contribution in [0.15, 0.2) is 48.5 Å². The summed E-state index contributed by atoms with van der Waals surface area (Å²) < 4.78 is 13.7. The Kier molecular flexibility index (Phi) is 5.82. The lowest BCUT2D eigenvalue weighted by Gasteiger charge is -2.21. The minimum atomic E-state index is -0.350. The molecule has 0 saturated heterocycles. The lowest BCUT2D eigenvalue weighted by molar-refractivity contribution is -0.908. The van der Waals surface area contributed by atoms with Crippen LogP contribution in [-0.4, -0.2) is 24.8 Å². The normalized spacial score (nSPS) is 13.2. The minimum absolute atomic E-state index is 0.0182. The van der Waals surface area contributed by atoms with Crippen molar-refractivity contribution in [1.29, 1.82) is 0 Å². The van der Waals surface area contributed by atoms with E-state index < -0.39 is 0 Å². The van der Waals surface area contributed by atoms with E-state index in [4.69, 9.17) is 0 Å². The molecule has 1 amide bonds. The van der Waals surface area contributed by atoms with Gasteiger partial charge in [0.2, 0.25) is 0 Å². The molecule has 0 aliphatic heterocycles. The van der Waals surface area contributed by atoms with Crippen molar-refractivity contribution in [2.24, 2.45) is 0 Å². The van der Waals surface area contributed by atoms with Crippen LogP contribution in [0.3, 0.4) is 0 Å². The molecule has 5 heteroatoms. The summed E-state index contributed by atoms with van der Waals surface area (Å²) in [5.41, 5.74) is 1.82. The molecule has 0 spiro atoms. The van der Waals surface area contributed by atoms with Gasteiger partial charge in [-0.1, -0.05) is 18.2 Å². The Hall–Kier alpha value is -2.53. The van der Waals surface area contributed by atoms with Crippen LogP contribution in [0.2, 0.25) is 0 Å². The van der Waals surface area contributed by atoms with Crippen molar-refractivity contribution >= 4 is 17.4 Å². The lowest BCUT2D eigenvalue weighted by atomic mass is 10.1. The minimum Gasteiger partial charge on any atom is -0.324 e. The van der Waals surface area contributed by atoms with Gasteiger partial charge >= 0.3 is 0 Å². The predicted molar refractivity (Wildman–Crippen MR) is 91.5 cm³/mol. The number of rotatable bonds is 6. The van der Waals surface area contributed by atoms with Crippen LogP contribution in [-0.2, 0) is 11.3 Å². The molecule has 0 bridgehead atoms. The van der Waals surface area contributed by atoms with Gasteiger partial charge in [-0.05, 0) is 44.2 Å². The highest BCUT2D eigenvalue weighted by atomic mass is 19.1. The second-order valence-corrected chi connectivity index (χ2v) is 5.96. The first-order valence-corrected chi connectivity index (χ1v) is 7.86. The van der Waals surface area contributed by atoms with Crippen LogP contribution in [0.4, 0.5) is 10.1 Å². The van der Waals surface area contributed by atoms with E-state index in [0.717, 1.165) is 4.90 Å². The Morgan fingerprint density at radius 1 is 1.12 bits per heavy atom. The summed E-state index contributed by atoms with van der Waals surface area (Å²) in [7, 11) is 1.86. The third kappa shape index (κ3) is 4.49. The average Bonchev–Trinajstić information content (AvgIpc) is 2.56. The van der Waals surface area contributed by atoms with Gasteiger partial charge in [-0.2, -0.15) is 0 Å². The summed E-state index contributed by atoms with van der Waals surface area (Å²) in [4.78, 5) is 24.5. The van der Waals surface area contributed by atoms with Crippen molar-refractivity contribution < 1.29 is 18.9 Å². The summed E-state index contributed by atoms with van der Waals surface area (Å²) in [5.74, 6) is -0.431. The smallest absolute Gasteiger partial charge is 0.282 e. The Bertz CT molecular complexity index is 728. The van der Waals surface area contributed by atoms with Gasteiger partial charge < -0.3 is 10.2 Å². The predicted octanol–water partition coefficient (Wildman–Crippen LogP) is 2.07. The number of amides is 1. The van der Waals surface area contributed by atoms with Gasteiger partial charge in [0.25, 0.3) is 5.91 Å². The maximum atomic E-state index is 13.7. The first-order valence-electron chi connectivity index (χ1n) is 7.86. The highest BCUT2D eigenvalue weighted by molar-refractivity contribution is 5.96. The van der Waals surface area contributed by atoms with Crippen molar-refractivity contribution in [1.82, 2.24) is 0 Å². The Morgan fingerprint density at radius 2 is 1.75 bits per heavy atom. The van der Waals surface area contributed by atoms with Crippen LogP contribution in [0, 0.1) is 5.82 Å². The number of hydrogen-bond acceptors (Lipinski definition) is 2. The largest absolute Gasteiger partial charge is 0.324 e. The van der Waals surface area contributed by atoms with Crippen molar-refractivity contribution in [3.8, 4) is 0 Å². The molecule has 2 aromatic rings. The number of carbonyl (C=O) groups excluding carboxylic acids is 2. The Morgan fingerprint density at radius 3 is 2.33 bits per heavy atom. The van der Waals surface area contributed by atoms with Crippen molar-refractivity contribution in [2.45, 2.75) is 26.4 Å². The molecule has 0 saturated carbocycles. The van der Waals surface area contributed by atoms with E-state index in [1.165, 1.54) is 13.0 Å². The fraction of sp³-hybridized carbons (Fsp3) is 0.263.